The Bertz CT molecular complexity index is 734. The first-order chi connectivity index (χ1) is 10.3. The van der Waals surface area contributed by atoms with E-state index < -0.39 is 0 Å². The summed E-state index contributed by atoms with van der Waals surface area (Å²) in [5.74, 6) is 3.34. The molecule has 3 aromatic heterocycles. The zero-order valence-electron chi connectivity index (χ0n) is 11.4. The van der Waals surface area contributed by atoms with Crippen LogP contribution in [0.5, 0.6) is 5.88 Å². The molecule has 1 aliphatic rings. The fourth-order valence-corrected chi connectivity index (χ4v) is 2.42. The van der Waals surface area contributed by atoms with Gasteiger partial charge < -0.3 is 13.7 Å². The van der Waals surface area contributed by atoms with Gasteiger partial charge in [0.25, 0.3) is 0 Å². The van der Waals surface area contributed by atoms with E-state index in [2.05, 4.69) is 15.1 Å². The van der Waals surface area contributed by atoms with Crippen molar-refractivity contribution in [2.24, 2.45) is 0 Å². The fourth-order valence-electron chi connectivity index (χ4n) is 2.42. The van der Waals surface area contributed by atoms with Gasteiger partial charge in [0.05, 0.1) is 13.4 Å². The highest BCUT2D eigenvalue weighted by Crippen LogP contribution is 2.54. The van der Waals surface area contributed by atoms with E-state index in [0.29, 0.717) is 23.5 Å². The summed E-state index contributed by atoms with van der Waals surface area (Å²) in [5, 5.41) is 4.02. The molecule has 0 bridgehead atoms. The van der Waals surface area contributed by atoms with E-state index in [9.17, 15) is 0 Å². The van der Waals surface area contributed by atoms with Crippen molar-refractivity contribution >= 4 is 0 Å². The monoisotopic (exact) mass is 283 g/mol. The Kier molecular flexibility index (Phi) is 2.73. The van der Waals surface area contributed by atoms with Gasteiger partial charge in [-0.2, -0.15) is 4.98 Å². The Hall–Kier alpha value is -2.63. The minimum atomic E-state index is 0.253. The summed E-state index contributed by atoms with van der Waals surface area (Å²) in [6.07, 6.45) is 4.34. The summed E-state index contributed by atoms with van der Waals surface area (Å²) in [6.45, 7) is 0. The standard InChI is InChI=1S/C15H13N3O3/c1-19-13-5-4-9(8-16-13)14-17-15(21-18-14)11-7-10(11)12-3-2-6-20-12/h2-6,8,10-11H,7H2,1H3/t10-,11-/m0/s1. The molecule has 0 amide bonds. The Morgan fingerprint density at radius 1 is 1.24 bits per heavy atom. The molecular weight excluding hydrogens is 270 g/mol. The van der Waals surface area contributed by atoms with Crippen LogP contribution in [-0.2, 0) is 0 Å². The third-order valence-corrected chi connectivity index (χ3v) is 3.66. The summed E-state index contributed by atoms with van der Waals surface area (Å²) >= 11 is 0. The normalized spacial score (nSPS) is 20.4. The third-order valence-electron chi connectivity index (χ3n) is 3.66. The Labute approximate surface area is 120 Å². The van der Waals surface area contributed by atoms with Gasteiger partial charge in [0.1, 0.15) is 5.76 Å². The molecule has 6 nitrogen and oxygen atoms in total. The van der Waals surface area contributed by atoms with E-state index in [4.69, 9.17) is 13.7 Å². The van der Waals surface area contributed by atoms with Gasteiger partial charge in [0, 0.05) is 29.7 Å². The van der Waals surface area contributed by atoms with Crippen LogP contribution in [0.4, 0.5) is 0 Å². The lowest BCUT2D eigenvalue weighted by Crippen LogP contribution is -1.88. The molecule has 3 aromatic rings. The maximum Gasteiger partial charge on any atom is 0.230 e. The summed E-state index contributed by atoms with van der Waals surface area (Å²) < 4.78 is 15.8. The number of aromatic nitrogens is 3. The molecule has 0 aliphatic heterocycles. The predicted octanol–water partition coefficient (Wildman–Crippen LogP) is 3.00. The average molecular weight is 283 g/mol. The van der Waals surface area contributed by atoms with E-state index in [-0.39, 0.29) is 5.92 Å². The van der Waals surface area contributed by atoms with Gasteiger partial charge in [-0.25, -0.2) is 4.98 Å². The molecule has 1 fully saturated rings. The third kappa shape index (κ3) is 2.18. The number of pyridine rings is 1. The molecule has 0 aromatic carbocycles. The molecule has 1 aliphatic carbocycles. The van der Waals surface area contributed by atoms with Crippen LogP contribution in [0.1, 0.15) is 29.9 Å². The molecule has 106 valence electrons. The number of furan rings is 1. The topological polar surface area (TPSA) is 74.2 Å². The van der Waals surface area contributed by atoms with Crippen molar-refractivity contribution in [2.45, 2.75) is 18.3 Å². The van der Waals surface area contributed by atoms with E-state index in [1.165, 1.54) is 0 Å². The minimum absolute atomic E-state index is 0.253. The zero-order chi connectivity index (χ0) is 14.2. The van der Waals surface area contributed by atoms with Gasteiger partial charge in [-0.05, 0) is 24.6 Å². The van der Waals surface area contributed by atoms with Crippen LogP contribution in [0.3, 0.4) is 0 Å². The summed E-state index contributed by atoms with van der Waals surface area (Å²) in [6, 6.07) is 7.51. The number of nitrogens with zero attached hydrogens (tertiary/aromatic N) is 3. The van der Waals surface area contributed by atoms with Crippen LogP contribution in [0, 0.1) is 0 Å². The van der Waals surface area contributed by atoms with E-state index in [1.807, 2.05) is 18.2 Å². The molecule has 4 rings (SSSR count). The summed E-state index contributed by atoms with van der Waals surface area (Å²) in [4.78, 5) is 8.60. The quantitative estimate of drug-likeness (QED) is 0.732. The smallest absolute Gasteiger partial charge is 0.230 e. The molecule has 0 radical (unpaired) electrons. The predicted molar refractivity (Wildman–Crippen MR) is 72.9 cm³/mol. The van der Waals surface area contributed by atoms with Crippen LogP contribution in [0.15, 0.2) is 45.7 Å². The van der Waals surface area contributed by atoms with Gasteiger partial charge in [0.2, 0.25) is 17.6 Å². The lowest BCUT2D eigenvalue weighted by Gasteiger charge is -1.97. The van der Waals surface area contributed by atoms with E-state index in [0.717, 1.165) is 17.7 Å². The van der Waals surface area contributed by atoms with Crippen LogP contribution < -0.4 is 4.74 Å². The van der Waals surface area contributed by atoms with Crippen molar-refractivity contribution < 1.29 is 13.7 Å². The number of methoxy groups -OCH3 is 1. The Balaban J connectivity index is 1.53. The van der Waals surface area contributed by atoms with Crippen LogP contribution in [-0.4, -0.2) is 22.2 Å². The van der Waals surface area contributed by atoms with Crippen molar-refractivity contribution in [3.05, 3.63) is 48.4 Å². The molecule has 0 saturated heterocycles. The second-order valence-corrected chi connectivity index (χ2v) is 5.01. The SMILES string of the molecule is COc1ccc(-c2noc([C@H]3C[C@@H]3c3ccco3)n2)cn1. The first kappa shape index (κ1) is 12.1. The molecule has 3 heterocycles. The van der Waals surface area contributed by atoms with Crippen molar-refractivity contribution in [3.63, 3.8) is 0 Å². The van der Waals surface area contributed by atoms with Crippen LogP contribution in [0.25, 0.3) is 11.4 Å². The fraction of sp³-hybridized carbons (Fsp3) is 0.267. The van der Waals surface area contributed by atoms with E-state index in [1.54, 1.807) is 25.6 Å². The van der Waals surface area contributed by atoms with Gasteiger partial charge in [-0.1, -0.05) is 5.16 Å². The van der Waals surface area contributed by atoms with Crippen LogP contribution in [0.2, 0.25) is 0 Å². The molecule has 21 heavy (non-hydrogen) atoms. The summed E-state index contributed by atoms with van der Waals surface area (Å²) in [5.41, 5.74) is 0.806. The maximum atomic E-state index is 5.41. The minimum Gasteiger partial charge on any atom is -0.481 e. The number of ether oxygens (including phenoxy) is 1. The highest BCUT2D eigenvalue weighted by atomic mass is 16.5. The maximum absolute atomic E-state index is 5.41. The Morgan fingerprint density at radius 3 is 2.90 bits per heavy atom. The van der Waals surface area contributed by atoms with Crippen molar-refractivity contribution in [2.75, 3.05) is 7.11 Å². The molecule has 0 spiro atoms. The van der Waals surface area contributed by atoms with Gasteiger partial charge in [-0.3, -0.25) is 0 Å². The highest BCUT2D eigenvalue weighted by Gasteiger charge is 2.45. The Morgan fingerprint density at radius 2 is 2.19 bits per heavy atom. The van der Waals surface area contributed by atoms with Crippen LogP contribution >= 0.6 is 0 Å². The zero-order valence-corrected chi connectivity index (χ0v) is 11.4. The number of hydrogen-bond donors (Lipinski definition) is 0. The molecule has 0 unspecified atom stereocenters. The van der Waals surface area contributed by atoms with Gasteiger partial charge >= 0.3 is 0 Å². The van der Waals surface area contributed by atoms with Gasteiger partial charge in [-0.15, -0.1) is 0 Å². The van der Waals surface area contributed by atoms with Crippen molar-refractivity contribution in [1.82, 2.24) is 15.1 Å². The second kappa shape index (κ2) is 4.73. The van der Waals surface area contributed by atoms with E-state index >= 15 is 0 Å². The highest BCUT2D eigenvalue weighted by molar-refractivity contribution is 5.53. The first-order valence-corrected chi connectivity index (χ1v) is 6.72. The molecule has 2 atom stereocenters. The average Bonchev–Trinajstić information content (AvgIpc) is 2.97. The second-order valence-electron chi connectivity index (χ2n) is 5.01. The largest absolute Gasteiger partial charge is 0.481 e. The van der Waals surface area contributed by atoms with Gasteiger partial charge in [0.15, 0.2) is 0 Å². The molecule has 1 saturated carbocycles. The lowest BCUT2D eigenvalue weighted by molar-refractivity contribution is 0.376. The molecule has 6 heteroatoms. The van der Waals surface area contributed by atoms with Crippen molar-refractivity contribution in [1.29, 1.82) is 0 Å². The number of rotatable bonds is 4. The lowest BCUT2D eigenvalue weighted by atomic mass is 10.2. The molecule has 0 N–H and O–H groups in total. The molecular formula is C15H13N3O3. The summed E-state index contributed by atoms with van der Waals surface area (Å²) in [7, 11) is 1.58. The number of hydrogen-bond acceptors (Lipinski definition) is 6. The first-order valence-electron chi connectivity index (χ1n) is 6.72. The van der Waals surface area contributed by atoms with Crippen molar-refractivity contribution in [3.8, 4) is 17.3 Å².